The molecule has 0 saturated heterocycles. The second-order valence-corrected chi connectivity index (χ2v) is 4.84. The summed E-state index contributed by atoms with van der Waals surface area (Å²) in [6.07, 6.45) is 0. The molecule has 17 heavy (non-hydrogen) atoms. The van der Waals surface area contributed by atoms with Crippen LogP contribution in [0, 0.1) is 0 Å². The normalized spacial score (nSPS) is 12.4. The highest BCUT2D eigenvalue weighted by molar-refractivity contribution is 9.10. The maximum absolute atomic E-state index is 11.8. The van der Waals surface area contributed by atoms with E-state index in [1.54, 1.807) is 26.2 Å². The lowest BCUT2D eigenvalue weighted by molar-refractivity contribution is -0.125. The largest absolute Gasteiger partial charge is 0.496 e. The fourth-order valence-corrected chi connectivity index (χ4v) is 1.98. The highest BCUT2D eigenvalue weighted by Gasteiger charge is 2.16. The lowest BCUT2D eigenvalue weighted by atomic mass is 10.0. The summed E-state index contributed by atoms with van der Waals surface area (Å²) >= 11 is 3.41. The van der Waals surface area contributed by atoms with Crippen LogP contribution in [0.5, 0.6) is 5.75 Å². The Hall–Kier alpha value is -1.07. The van der Waals surface area contributed by atoms with Gasteiger partial charge in [0.15, 0.2) is 0 Å². The van der Waals surface area contributed by atoms with E-state index in [1.165, 1.54) is 0 Å². The van der Waals surface area contributed by atoms with E-state index in [-0.39, 0.29) is 11.8 Å². The molecule has 1 unspecified atom stereocenters. The van der Waals surface area contributed by atoms with Gasteiger partial charge in [0.05, 0.1) is 17.5 Å². The summed E-state index contributed by atoms with van der Waals surface area (Å²) in [6, 6.07) is 5.64. The van der Waals surface area contributed by atoms with Gasteiger partial charge < -0.3 is 4.74 Å². The van der Waals surface area contributed by atoms with Crippen LogP contribution in [-0.4, -0.2) is 32.1 Å². The molecule has 1 aromatic carbocycles. The van der Waals surface area contributed by atoms with Crippen molar-refractivity contribution in [1.82, 2.24) is 10.4 Å². The molecule has 0 radical (unpaired) electrons. The number of nitrogens with zero attached hydrogens (tertiary/aromatic N) is 1. The van der Waals surface area contributed by atoms with E-state index in [0.29, 0.717) is 0 Å². The van der Waals surface area contributed by atoms with Gasteiger partial charge >= 0.3 is 0 Å². The molecular weight excluding hydrogens is 284 g/mol. The van der Waals surface area contributed by atoms with E-state index in [1.807, 2.05) is 25.1 Å². The molecule has 0 bridgehead atoms. The molecule has 1 aromatic rings. The van der Waals surface area contributed by atoms with E-state index in [4.69, 9.17) is 4.74 Å². The molecule has 1 atom stereocenters. The van der Waals surface area contributed by atoms with Crippen molar-refractivity contribution in [2.24, 2.45) is 0 Å². The van der Waals surface area contributed by atoms with Crippen LogP contribution in [0.3, 0.4) is 0 Å². The van der Waals surface area contributed by atoms with Crippen molar-refractivity contribution in [2.75, 3.05) is 21.2 Å². The predicted octanol–water partition coefficient (Wildman–Crippen LogP) is 2.15. The topological polar surface area (TPSA) is 41.6 Å². The Labute approximate surface area is 110 Å². The molecule has 5 heteroatoms. The number of methoxy groups -OCH3 is 1. The summed E-state index contributed by atoms with van der Waals surface area (Å²) in [7, 11) is 5.19. The second-order valence-electron chi connectivity index (χ2n) is 3.99. The van der Waals surface area contributed by atoms with Gasteiger partial charge in [-0.1, -0.05) is 6.07 Å². The zero-order chi connectivity index (χ0) is 13.0. The molecule has 1 N–H and O–H groups in total. The SMILES string of the molecule is COc1ccc(C(C)C(=O)NN(C)C)cc1Br. The average molecular weight is 301 g/mol. The van der Waals surface area contributed by atoms with Crippen molar-refractivity contribution in [3.05, 3.63) is 28.2 Å². The van der Waals surface area contributed by atoms with Crippen LogP contribution < -0.4 is 10.2 Å². The van der Waals surface area contributed by atoms with Crippen LogP contribution in [0.2, 0.25) is 0 Å². The molecule has 0 fully saturated rings. The van der Waals surface area contributed by atoms with Gasteiger partial charge in [-0.3, -0.25) is 10.2 Å². The number of hydrogen-bond acceptors (Lipinski definition) is 3. The summed E-state index contributed by atoms with van der Waals surface area (Å²) in [5.74, 6) is 0.514. The van der Waals surface area contributed by atoms with Crippen LogP contribution in [0.4, 0.5) is 0 Å². The third kappa shape index (κ3) is 3.71. The van der Waals surface area contributed by atoms with Gasteiger partial charge in [-0.15, -0.1) is 0 Å². The molecule has 94 valence electrons. The molecule has 0 aliphatic carbocycles. The highest BCUT2D eigenvalue weighted by Crippen LogP contribution is 2.28. The average Bonchev–Trinajstić information content (AvgIpc) is 2.27. The Morgan fingerprint density at radius 2 is 2.12 bits per heavy atom. The third-order valence-electron chi connectivity index (χ3n) is 2.40. The number of carbonyl (C=O) groups excluding carboxylic acids is 1. The molecular formula is C12H17BrN2O2. The van der Waals surface area contributed by atoms with E-state index < -0.39 is 0 Å². The number of hydrazine groups is 1. The van der Waals surface area contributed by atoms with Crippen molar-refractivity contribution in [3.8, 4) is 5.75 Å². The predicted molar refractivity (Wildman–Crippen MR) is 70.9 cm³/mol. The molecule has 0 aliphatic heterocycles. The standard InChI is InChI=1S/C12H17BrN2O2/c1-8(12(16)14-15(2)3)9-5-6-11(17-4)10(13)7-9/h5-8H,1-4H3,(H,14,16). The van der Waals surface area contributed by atoms with E-state index in [9.17, 15) is 4.79 Å². The first-order chi connectivity index (χ1) is 7.95. The second kappa shape index (κ2) is 6.02. The van der Waals surface area contributed by atoms with Crippen molar-refractivity contribution < 1.29 is 9.53 Å². The van der Waals surface area contributed by atoms with Crippen molar-refractivity contribution in [1.29, 1.82) is 0 Å². The van der Waals surface area contributed by atoms with Gasteiger partial charge in [-0.2, -0.15) is 0 Å². The number of halogens is 1. The Morgan fingerprint density at radius 3 is 2.59 bits per heavy atom. The van der Waals surface area contributed by atoms with Gasteiger partial charge in [-0.25, -0.2) is 5.01 Å². The number of hydrogen-bond donors (Lipinski definition) is 1. The number of carbonyl (C=O) groups is 1. The van der Waals surface area contributed by atoms with Crippen LogP contribution in [0.25, 0.3) is 0 Å². The summed E-state index contributed by atoms with van der Waals surface area (Å²) in [6.45, 7) is 1.87. The maximum atomic E-state index is 11.8. The smallest absolute Gasteiger partial charge is 0.241 e. The van der Waals surface area contributed by atoms with Crippen LogP contribution in [0.1, 0.15) is 18.4 Å². The lowest BCUT2D eigenvalue weighted by Gasteiger charge is -2.17. The van der Waals surface area contributed by atoms with Crippen molar-refractivity contribution in [2.45, 2.75) is 12.8 Å². The van der Waals surface area contributed by atoms with Gasteiger partial charge in [-0.05, 0) is 40.5 Å². The van der Waals surface area contributed by atoms with Gasteiger partial charge in [0, 0.05) is 14.1 Å². The van der Waals surface area contributed by atoms with Crippen LogP contribution in [0.15, 0.2) is 22.7 Å². The Bertz CT molecular complexity index is 407. The first-order valence-corrected chi connectivity index (χ1v) is 6.06. The third-order valence-corrected chi connectivity index (χ3v) is 3.02. The molecule has 1 rings (SSSR count). The molecule has 4 nitrogen and oxygen atoms in total. The molecule has 0 saturated carbocycles. The number of benzene rings is 1. The number of nitrogens with one attached hydrogen (secondary N) is 1. The van der Waals surface area contributed by atoms with Crippen LogP contribution >= 0.6 is 15.9 Å². The molecule has 0 heterocycles. The first-order valence-electron chi connectivity index (χ1n) is 5.27. The number of amides is 1. The zero-order valence-corrected chi connectivity index (χ0v) is 12.0. The number of rotatable bonds is 4. The summed E-state index contributed by atoms with van der Waals surface area (Å²) in [5, 5.41) is 1.64. The lowest BCUT2D eigenvalue weighted by Crippen LogP contribution is -2.38. The first kappa shape index (κ1) is 14.0. The van der Waals surface area contributed by atoms with Crippen LogP contribution in [-0.2, 0) is 4.79 Å². The van der Waals surface area contributed by atoms with Gasteiger partial charge in [0.25, 0.3) is 0 Å². The Kier molecular flexibility index (Phi) is 4.96. The minimum atomic E-state index is -0.209. The van der Waals surface area contributed by atoms with E-state index >= 15 is 0 Å². The quantitative estimate of drug-likeness (QED) is 0.867. The summed E-state index contributed by atoms with van der Waals surface area (Å²) < 4.78 is 6.00. The van der Waals surface area contributed by atoms with Crippen molar-refractivity contribution >= 4 is 21.8 Å². The fraction of sp³-hybridized carbons (Fsp3) is 0.417. The van der Waals surface area contributed by atoms with E-state index in [2.05, 4.69) is 21.4 Å². The molecule has 0 aliphatic rings. The molecule has 0 aromatic heterocycles. The Balaban J connectivity index is 2.85. The Morgan fingerprint density at radius 1 is 1.47 bits per heavy atom. The molecule has 1 amide bonds. The number of ether oxygens (including phenoxy) is 1. The van der Waals surface area contributed by atoms with E-state index in [0.717, 1.165) is 15.8 Å². The zero-order valence-electron chi connectivity index (χ0n) is 10.5. The van der Waals surface area contributed by atoms with Gasteiger partial charge in [0.1, 0.15) is 5.75 Å². The van der Waals surface area contributed by atoms with Crippen molar-refractivity contribution in [3.63, 3.8) is 0 Å². The minimum absolute atomic E-state index is 0.0351. The minimum Gasteiger partial charge on any atom is -0.496 e. The van der Waals surface area contributed by atoms with Gasteiger partial charge in [0.2, 0.25) is 5.91 Å². The maximum Gasteiger partial charge on any atom is 0.241 e. The monoisotopic (exact) mass is 300 g/mol. The highest BCUT2D eigenvalue weighted by atomic mass is 79.9. The fourth-order valence-electron chi connectivity index (χ4n) is 1.42. The summed E-state index contributed by atoms with van der Waals surface area (Å²) in [5.41, 5.74) is 3.68. The molecule has 0 spiro atoms. The summed E-state index contributed by atoms with van der Waals surface area (Å²) in [4.78, 5) is 11.8.